The smallest absolute Gasteiger partial charge is 0.355 e. The number of rotatable bonds is 2. The highest BCUT2D eigenvalue weighted by atomic mass is 79.9. The molecule has 0 unspecified atom stereocenters. The van der Waals surface area contributed by atoms with Crippen molar-refractivity contribution in [1.29, 1.82) is 0 Å². The van der Waals surface area contributed by atoms with Crippen LogP contribution in [-0.4, -0.2) is 21.0 Å². The summed E-state index contributed by atoms with van der Waals surface area (Å²) in [6.45, 7) is 0. The first-order chi connectivity index (χ1) is 6.59. The van der Waals surface area contributed by atoms with E-state index in [1.54, 1.807) is 0 Å². The lowest BCUT2D eigenvalue weighted by molar-refractivity contribution is 0.0688. The molecule has 1 aromatic rings. The van der Waals surface area contributed by atoms with Gasteiger partial charge in [0.05, 0.1) is 0 Å². The van der Waals surface area contributed by atoms with Crippen molar-refractivity contribution >= 4 is 27.7 Å². The molecule has 1 aliphatic rings. The number of hydrogen-bond acceptors (Lipinski definition) is 4. The Hall–Kier alpha value is -1.17. The van der Waals surface area contributed by atoms with Gasteiger partial charge < -0.3 is 10.8 Å². The van der Waals surface area contributed by atoms with E-state index in [0.29, 0.717) is 5.56 Å². The number of aromatic nitrogens is 2. The van der Waals surface area contributed by atoms with Crippen molar-refractivity contribution in [2.75, 3.05) is 5.73 Å². The van der Waals surface area contributed by atoms with E-state index in [9.17, 15) is 4.79 Å². The van der Waals surface area contributed by atoms with E-state index in [2.05, 4.69) is 25.9 Å². The minimum atomic E-state index is -1.05. The van der Waals surface area contributed by atoms with E-state index < -0.39 is 5.97 Å². The van der Waals surface area contributed by atoms with Gasteiger partial charge in [0.2, 0.25) is 0 Å². The molecule has 0 bridgehead atoms. The third kappa shape index (κ3) is 1.57. The van der Waals surface area contributed by atoms with Gasteiger partial charge in [-0.05, 0) is 34.7 Å². The summed E-state index contributed by atoms with van der Waals surface area (Å²) in [4.78, 5) is 18.6. The van der Waals surface area contributed by atoms with E-state index in [1.165, 1.54) is 0 Å². The van der Waals surface area contributed by atoms with Crippen LogP contribution in [0.3, 0.4) is 0 Å². The second kappa shape index (κ2) is 3.20. The number of aromatic carboxylic acids is 1. The summed E-state index contributed by atoms with van der Waals surface area (Å²) in [5.41, 5.74) is 6.26. The van der Waals surface area contributed by atoms with Gasteiger partial charge in [-0.15, -0.1) is 0 Å². The van der Waals surface area contributed by atoms with Crippen LogP contribution in [0.1, 0.15) is 34.8 Å². The minimum absolute atomic E-state index is 0.0203. The highest BCUT2D eigenvalue weighted by Gasteiger charge is 2.32. The maximum absolute atomic E-state index is 10.9. The van der Waals surface area contributed by atoms with Crippen LogP contribution in [0, 0.1) is 0 Å². The van der Waals surface area contributed by atoms with Gasteiger partial charge in [0.25, 0.3) is 0 Å². The zero-order valence-electron chi connectivity index (χ0n) is 7.20. The summed E-state index contributed by atoms with van der Waals surface area (Å²) in [6, 6.07) is 0. The molecule has 0 atom stereocenters. The molecule has 0 spiro atoms. The van der Waals surface area contributed by atoms with Crippen molar-refractivity contribution in [3.8, 4) is 0 Å². The Bertz CT molecular complexity index is 404. The number of carbonyl (C=O) groups is 1. The van der Waals surface area contributed by atoms with Gasteiger partial charge in [-0.25, -0.2) is 14.8 Å². The SMILES string of the molecule is Nc1nc(Br)nc(C(=O)O)c1C1CC1. The van der Waals surface area contributed by atoms with Crippen molar-refractivity contribution in [2.24, 2.45) is 0 Å². The lowest BCUT2D eigenvalue weighted by Crippen LogP contribution is -2.10. The van der Waals surface area contributed by atoms with Crippen molar-refractivity contribution in [1.82, 2.24) is 9.97 Å². The molecule has 1 saturated carbocycles. The molecule has 0 saturated heterocycles. The number of halogens is 1. The molecule has 1 aliphatic carbocycles. The molecule has 5 nitrogen and oxygen atoms in total. The fraction of sp³-hybridized carbons (Fsp3) is 0.375. The number of hydrogen-bond donors (Lipinski definition) is 2. The first-order valence-electron chi connectivity index (χ1n) is 4.15. The average molecular weight is 258 g/mol. The summed E-state index contributed by atoms with van der Waals surface area (Å²) >= 11 is 3.02. The van der Waals surface area contributed by atoms with Gasteiger partial charge in [0.1, 0.15) is 5.82 Å². The number of carboxylic acid groups (broad SMARTS) is 1. The van der Waals surface area contributed by atoms with Gasteiger partial charge in [-0.3, -0.25) is 0 Å². The molecule has 0 radical (unpaired) electrons. The van der Waals surface area contributed by atoms with Crippen LogP contribution in [0.2, 0.25) is 0 Å². The first kappa shape index (κ1) is 9.39. The zero-order chi connectivity index (χ0) is 10.3. The monoisotopic (exact) mass is 257 g/mol. The second-order valence-electron chi connectivity index (χ2n) is 3.22. The van der Waals surface area contributed by atoms with Gasteiger partial charge in [0.15, 0.2) is 10.4 Å². The fourth-order valence-electron chi connectivity index (χ4n) is 1.40. The second-order valence-corrected chi connectivity index (χ2v) is 3.93. The number of nitrogens with two attached hydrogens (primary N) is 1. The zero-order valence-corrected chi connectivity index (χ0v) is 8.78. The summed E-state index contributed by atoms with van der Waals surface area (Å²) in [6.07, 6.45) is 1.94. The molecule has 0 amide bonds. The van der Waals surface area contributed by atoms with Crippen LogP contribution in [0.4, 0.5) is 5.82 Å². The number of anilines is 1. The quantitative estimate of drug-likeness (QED) is 0.782. The Morgan fingerprint density at radius 3 is 2.64 bits per heavy atom. The van der Waals surface area contributed by atoms with E-state index in [1.807, 2.05) is 0 Å². The predicted octanol–water partition coefficient (Wildman–Crippen LogP) is 1.40. The third-order valence-electron chi connectivity index (χ3n) is 2.14. The molecule has 14 heavy (non-hydrogen) atoms. The Balaban J connectivity index is 2.58. The average Bonchev–Trinajstić information content (AvgIpc) is 2.85. The molecule has 74 valence electrons. The van der Waals surface area contributed by atoms with Crippen molar-refractivity contribution in [3.05, 3.63) is 16.0 Å². The van der Waals surface area contributed by atoms with E-state index in [0.717, 1.165) is 12.8 Å². The van der Waals surface area contributed by atoms with Crippen LogP contribution in [0.25, 0.3) is 0 Å². The van der Waals surface area contributed by atoms with Gasteiger partial charge >= 0.3 is 5.97 Å². The Labute approximate surface area is 88.5 Å². The molecule has 2 rings (SSSR count). The highest BCUT2D eigenvalue weighted by Crippen LogP contribution is 2.43. The molecule has 6 heteroatoms. The summed E-state index contributed by atoms with van der Waals surface area (Å²) in [5, 5.41) is 8.92. The number of carboxylic acids is 1. The lowest BCUT2D eigenvalue weighted by atomic mass is 10.1. The van der Waals surface area contributed by atoms with E-state index in [-0.39, 0.29) is 22.2 Å². The van der Waals surface area contributed by atoms with Crippen molar-refractivity contribution in [2.45, 2.75) is 18.8 Å². The number of nitrogen functional groups attached to an aromatic ring is 1. The Kier molecular flexibility index (Phi) is 2.14. The molecular weight excluding hydrogens is 250 g/mol. The third-order valence-corrected chi connectivity index (χ3v) is 2.49. The minimum Gasteiger partial charge on any atom is -0.476 e. The van der Waals surface area contributed by atoms with Gasteiger partial charge in [-0.1, -0.05) is 0 Å². The standard InChI is InChI=1S/C8H8BrN3O2/c9-8-11-5(7(13)14)4(3-1-2-3)6(10)12-8/h3H,1-2H2,(H,13,14)(H2,10,11,12). The van der Waals surface area contributed by atoms with Gasteiger partial charge in [0, 0.05) is 5.56 Å². The van der Waals surface area contributed by atoms with Crippen LogP contribution in [-0.2, 0) is 0 Å². The Morgan fingerprint density at radius 2 is 2.14 bits per heavy atom. The highest BCUT2D eigenvalue weighted by molar-refractivity contribution is 9.10. The summed E-state index contributed by atoms with van der Waals surface area (Å²) in [7, 11) is 0. The Morgan fingerprint density at radius 1 is 1.50 bits per heavy atom. The topological polar surface area (TPSA) is 89.1 Å². The normalized spacial score (nSPS) is 15.5. The van der Waals surface area contributed by atoms with Crippen molar-refractivity contribution in [3.63, 3.8) is 0 Å². The number of nitrogens with zero attached hydrogens (tertiary/aromatic N) is 2. The van der Waals surface area contributed by atoms with Crippen LogP contribution in [0.5, 0.6) is 0 Å². The maximum Gasteiger partial charge on any atom is 0.355 e. The molecule has 1 aromatic heterocycles. The van der Waals surface area contributed by atoms with Crippen molar-refractivity contribution < 1.29 is 9.90 Å². The molecule has 1 heterocycles. The lowest BCUT2D eigenvalue weighted by Gasteiger charge is -2.06. The maximum atomic E-state index is 10.9. The largest absolute Gasteiger partial charge is 0.476 e. The molecule has 3 N–H and O–H groups in total. The summed E-state index contributed by atoms with van der Waals surface area (Å²) < 4.78 is 0.219. The fourth-order valence-corrected chi connectivity index (χ4v) is 1.76. The van der Waals surface area contributed by atoms with Crippen LogP contribution in [0.15, 0.2) is 4.73 Å². The molecule has 0 aliphatic heterocycles. The predicted molar refractivity (Wildman–Crippen MR) is 53.1 cm³/mol. The molecular formula is C8H8BrN3O2. The first-order valence-corrected chi connectivity index (χ1v) is 4.95. The molecule has 0 aromatic carbocycles. The van der Waals surface area contributed by atoms with E-state index in [4.69, 9.17) is 10.8 Å². The molecule has 1 fully saturated rings. The van der Waals surface area contributed by atoms with E-state index >= 15 is 0 Å². The van der Waals surface area contributed by atoms with Crippen LogP contribution < -0.4 is 5.73 Å². The van der Waals surface area contributed by atoms with Gasteiger partial charge in [-0.2, -0.15) is 0 Å². The summed E-state index contributed by atoms with van der Waals surface area (Å²) in [5.74, 6) is -0.553. The van der Waals surface area contributed by atoms with Crippen LogP contribution >= 0.6 is 15.9 Å².